The SMILES string of the molecule is COC(=O)N(CCN1CCC[C@H](N(C)S(C)(=O)=O)C1)CC(O)CN1[C@H]2CC[C@H]1CC(NC(=O)c1cc3ccccc3n(C(C)C)c1=O)C2. The van der Waals surface area contributed by atoms with Crippen LogP contribution < -0.4 is 10.9 Å². The Bertz CT molecular complexity index is 1620. The predicted molar refractivity (Wildman–Crippen MR) is 185 cm³/mol. The van der Waals surface area contributed by atoms with Crippen LogP contribution in [0.5, 0.6) is 0 Å². The van der Waals surface area contributed by atoms with Crippen LogP contribution >= 0.6 is 0 Å². The number of benzene rings is 1. The van der Waals surface area contributed by atoms with E-state index >= 15 is 0 Å². The van der Waals surface area contributed by atoms with E-state index in [9.17, 15) is 27.9 Å². The number of pyridine rings is 1. The fourth-order valence-electron chi connectivity index (χ4n) is 7.92. The van der Waals surface area contributed by atoms with Crippen molar-refractivity contribution in [3.8, 4) is 0 Å². The van der Waals surface area contributed by atoms with Crippen LogP contribution in [0.4, 0.5) is 4.79 Å². The molecule has 3 saturated heterocycles. The van der Waals surface area contributed by atoms with Gasteiger partial charge in [-0.15, -0.1) is 0 Å². The zero-order chi connectivity index (χ0) is 34.7. The number of likely N-dealkylation sites (N-methyl/N-ethyl adjacent to an activating group) is 1. The van der Waals surface area contributed by atoms with Crippen molar-refractivity contribution in [2.45, 2.75) is 88.7 Å². The average molecular weight is 689 g/mol. The largest absolute Gasteiger partial charge is 0.453 e. The van der Waals surface area contributed by atoms with E-state index in [0.717, 1.165) is 56.0 Å². The first-order valence-electron chi connectivity index (χ1n) is 17.1. The highest BCUT2D eigenvalue weighted by Crippen LogP contribution is 2.36. The average Bonchev–Trinajstić information content (AvgIpc) is 3.26. The molecule has 0 spiro atoms. The van der Waals surface area contributed by atoms with Crippen LogP contribution in [0.3, 0.4) is 0 Å². The van der Waals surface area contributed by atoms with Gasteiger partial charge in [0.2, 0.25) is 10.0 Å². The van der Waals surface area contributed by atoms with Gasteiger partial charge in [-0.25, -0.2) is 17.5 Å². The highest BCUT2D eigenvalue weighted by Gasteiger charge is 2.42. The fraction of sp³-hybridized carbons (Fsp3) is 0.676. The second kappa shape index (κ2) is 15.2. The first-order valence-corrected chi connectivity index (χ1v) is 19.0. The molecule has 3 aliphatic heterocycles. The number of likely N-dealkylation sites (tertiary alicyclic amines) is 1. The van der Waals surface area contributed by atoms with E-state index in [1.165, 1.54) is 22.6 Å². The molecule has 2 N–H and O–H groups in total. The fourth-order valence-corrected chi connectivity index (χ4v) is 8.63. The minimum absolute atomic E-state index is 0.0801. The number of fused-ring (bicyclic) bond motifs is 3. The van der Waals surface area contributed by atoms with Gasteiger partial charge in [-0.1, -0.05) is 18.2 Å². The zero-order valence-electron chi connectivity index (χ0n) is 28.9. The maximum Gasteiger partial charge on any atom is 0.409 e. The maximum absolute atomic E-state index is 13.5. The molecule has 266 valence electrons. The highest BCUT2D eigenvalue weighted by molar-refractivity contribution is 7.88. The number of aliphatic hydroxyl groups is 1. The number of piperidine rings is 2. The molecule has 4 heterocycles. The molecular weight excluding hydrogens is 636 g/mol. The monoisotopic (exact) mass is 688 g/mol. The summed E-state index contributed by atoms with van der Waals surface area (Å²) < 4.78 is 32.2. The number of carbonyl (C=O) groups is 2. The number of hydrogen-bond acceptors (Lipinski definition) is 9. The lowest BCUT2D eigenvalue weighted by Gasteiger charge is -2.40. The predicted octanol–water partition coefficient (Wildman–Crippen LogP) is 2.09. The number of para-hydroxylation sites is 1. The normalized spacial score (nSPS) is 24.2. The third-order valence-electron chi connectivity index (χ3n) is 10.4. The molecule has 0 radical (unpaired) electrons. The minimum Gasteiger partial charge on any atom is -0.453 e. The van der Waals surface area contributed by atoms with Gasteiger partial charge in [0, 0.05) is 63.4 Å². The van der Waals surface area contributed by atoms with E-state index in [-0.39, 0.29) is 53.8 Å². The molecular formula is C34H52N6O7S. The molecule has 3 fully saturated rings. The van der Waals surface area contributed by atoms with Crippen molar-refractivity contribution >= 4 is 32.9 Å². The summed E-state index contributed by atoms with van der Waals surface area (Å²) in [4.78, 5) is 45.5. The van der Waals surface area contributed by atoms with Crippen molar-refractivity contribution in [2.75, 3.05) is 59.7 Å². The van der Waals surface area contributed by atoms with Gasteiger partial charge in [0.1, 0.15) is 5.56 Å². The Labute approximate surface area is 283 Å². The number of aromatic nitrogens is 1. The van der Waals surface area contributed by atoms with E-state index in [2.05, 4.69) is 15.1 Å². The Balaban J connectivity index is 1.16. The van der Waals surface area contributed by atoms with Crippen LogP contribution in [0.2, 0.25) is 0 Å². The first kappa shape index (κ1) is 36.2. The van der Waals surface area contributed by atoms with Crippen LogP contribution in [-0.2, 0) is 14.8 Å². The Kier molecular flexibility index (Phi) is 11.5. The summed E-state index contributed by atoms with van der Waals surface area (Å²) in [7, 11) is -0.356. The summed E-state index contributed by atoms with van der Waals surface area (Å²) in [5, 5.41) is 15.2. The summed E-state index contributed by atoms with van der Waals surface area (Å²) >= 11 is 0. The van der Waals surface area contributed by atoms with Crippen molar-refractivity contribution in [3.05, 3.63) is 46.2 Å². The molecule has 2 aromatic rings. The summed E-state index contributed by atoms with van der Waals surface area (Å²) in [6.45, 7) is 6.70. The number of nitrogens with zero attached hydrogens (tertiary/aromatic N) is 5. The lowest BCUT2D eigenvalue weighted by molar-refractivity contribution is 0.0288. The van der Waals surface area contributed by atoms with Crippen molar-refractivity contribution in [3.63, 3.8) is 0 Å². The summed E-state index contributed by atoms with van der Waals surface area (Å²) in [6, 6.07) is 9.37. The second-order valence-electron chi connectivity index (χ2n) is 14.1. The molecule has 2 bridgehead atoms. The van der Waals surface area contributed by atoms with E-state index < -0.39 is 22.2 Å². The van der Waals surface area contributed by atoms with Crippen LogP contribution in [0, 0.1) is 0 Å². The van der Waals surface area contributed by atoms with E-state index in [1.807, 2.05) is 38.1 Å². The topological polar surface area (TPSA) is 145 Å². The van der Waals surface area contributed by atoms with Gasteiger partial charge >= 0.3 is 6.09 Å². The number of ether oxygens (including phenoxy) is 1. The Morgan fingerprint density at radius 3 is 2.46 bits per heavy atom. The van der Waals surface area contributed by atoms with Gasteiger partial charge in [0.25, 0.3) is 11.5 Å². The van der Waals surface area contributed by atoms with E-state index in [0.29, 0.717) is 26.2 Å². The molecule has 1 unspecified atom stereocenters. The van der Waals surface area contributed by atoms with Gasteiger partial charge in [0.05, 0.1) is 31.5 Å². The van der Waals surface area contributed by atoms with Crippen LogP contribution in [0.25, 0.3) is 10.9 Å². The number of aliphatic hydroxyl groups excluding tert-OH is 1. The molecule has 1 aromatic carbocycles. The summed E-state index contributed by atoms with van der Waals surface area (Å²) in [6.07, 6.45) is 4.93. The number of amides is 2. The smallest absolute Gasteiger partial charge is 0.409 e. The van der Waals surface area contributed by atoms with Crippen molar-refractivity contribution in [2.24, 2.45) is 0 Å². The standard InChI is InChI=1S/C34H52N6O7S/c1-23(2)40-31-11-7-6-9-24(31)17-30(33(40)43)32(42)35-25-18-26-12-13-27(19-25)39(26)22-29(41)21-38(34(44)47-4)16-15-37-14-8-10-28(20-37)36(3)48(5,45)46/h6-7,9,11,17,23,25-29,41H,8,10,12-16,18-22H2,1-5H3,(H,35,42)/t26-,27-,28-,29?/m0/s1. The number of rotatable bonds is 12. The second-order valence-corrected chi connectivity index (χ2v) is 16.1. The molecule has 13 nitrogen and oxygen atoms in total. The van der Waals surface area contributed by atoms with Gasteiger partial charge in [0.15, 0.2) is 0 Å². The van der Waals surface area contributed by atoms with E-state index in [4.69, 9.17) is 4.74 Å². The molecule has 1 aromatic heterocycles. The molecule has 14 heteroatoms. The summed E-state index contributed by atoms with van der Waals surface area (Å²) in [5.41, 5.74) is 0.668. The molecule has 0 aliphatic carbocycles. The van der Waals surface area contributed by atoms with Gasteiger partial charge in [-0.2, -0.15) is 0 Å². The zero-order valence-corrected chi connectivity index (χ0v) is 29.7. The van der Waals surface area contributed by atoms with Crippen molar-refractivity contribution in [1.82, 2.24) is 28.9 Å². The molecule has 4 atom stereocenters. The van der Waals surface area contributed by atoms with Crippen LogP contribution in [-0.4, -0.2) is 139 Å². The van der Waals surface area contributed by atoms with Gasteiger partial charge < -0.3 is 24.6 Å². The van der Waals surface area contributed by atoms with Gasteiger partial charge in [-0.3, -0.25) is 19.4 Å². The quantitative estimate of drug-likeness (QED) is 0.343. The third kappa shape index (κ3) is 8.21. The number of hydrogen-bond donors (Lipinski definition) is 2. The lowest BCUT2D eigenvalue weighted by Crippen LogP contribution is -2.54. The lowest BCUT2D eigenvalue weighted by atomic mass is 9.96. The molecule has 0 saturated carbocycles. The first-order chi connectivity index (χ1) is 22.8. The Morgan fingerprint density at radius 1 is 1.12 bits per heavy atom. The number of nitrogens with one attached hydrogen (secondary N) is 1. The Hall–Kier alpha value is -3.04. The summed E-state index contributed by atoms with van der Waals surface area (Å²) in [5.74, 6) is -0.352. The van der Waals surface area contributed by atoms with Crippen LogP contribution in [0.1, 0.15) is 68.8 Å². The number of carbonyl (C=O) groups excluding carboxylic acids is 2. The molecule has 5 rings (SSSR count). The van der Waals surface area contributed by atoms with E-state index in [1.54, 1.807) is 17.7 Å². The third-order valence-corrected chi connectivity index (χ3v) is 11.8. The minimum atomic E-state index is -3.29. The molecule has 48 heavy (non-hydrogen) atoms. The van der Waals surface area contributed by atoms with Gasteiger partial charge in [-0.05, 0) is 76.4 Å². The number of sulfonamides is 1. The van der Waals surface area contributed by atoms with Crippen molar-refractivity contribution < 1.29 is 27.9 Å². The Morgan fingerprint density at radius 2 is 1.81 bits per heavy atom. The van der Waals surface area contributed by atoms with Crippen LogP contribution in [0.15, 0.2) is 35.1 Å². The number of methoxy groups -OCH3 is 1. The molecule has 3 aliphatic rings. The maximum atomic E-state index is 13.5. The molecule has 2 amide bonds. The van der Waals surface area contributed by atoms with Crippen molar-refractivity contribution in [1.29, 1.82) is 0 Å². The highest BCUT2D eigenvalue weighted by atomic mass is 32.2.